The molecule has 0 fully saturated rings. The van der Waals surface area contributed by atoms with Crippen molar-refractivity contribution in [2.75, 3.05) is 18.5 Å². The van der Waals surface area contributed by atoms with E-state index in [1.165, 1.54) is 24.3 Å². The summed E-state index contributed by atoms with van der Waals surface area (Å²) >= 11 is 0. The Kier molecular flexibility index (Phi) is 6.02. The van der Waals surface area contributed by atoms with Gasteiger partial charge in [0.25, 0.3) is 0 Å². The van der Waals surface area contributed by atoms with Gasteiger partial charge >= 0.3 is 6.18 Å². The molecule has 7 heteroatoms. The highest BCUT2D eigenvalue weighted by Gasteiger charge is 2.28. The van der Waals surface area contributed by atoms with Crippen molar-refractivity contribution >= 4 is 11.6 Å². The third kappa shape index (κ3) is 6.03. The van der Waals surface area contributed by atoms with Crippen LogP contribution in [-0.2, 0) is 4.79 Å². The predicted molar refractivity (Wildman–Crippen MR) is 74.0 cm³/mol. The Labute approximate surface area is 121 Å². The van der Waals surface area contributed by atoms with Gasteiger partial charge < -0.3 is 15.8 Å². The zero-order valence-electron chi connectivity index (χ0n) is 11.9. The molecule has 0 aromatic heterocycles. The topological polar surface area (TPSA) is 64.4 Å². The van der Waals surface area contributed by atoms with Crippen molar-refractivity contribution in [3.05, 3.63) is 24.3 Å². The lowest BCUT2D eigenvalue weighted by atomic mass is 9.95. The van der Waals surface area contributed by atoms with Crippen LogP contribution < -0.4 is 15.8 Å². The molecule has 0 bridgehead atoms. The van der Waals surface area contributed by atoms with Gasteiger partial charge in [0.1, 0.15) is 5.75 Å². The molecular formula is C14H19F3N2O2. The minimum Gasteiger partial charge on any atom is -0.484 e. The van der Waals surface area contributed by atoms with Crippen LogP contribution in [0.5, 0.6) is 5.75 Å². The van der Waals surface area contributed by atoms with Gasteiger partial charge in [-0.1, -0.05) is 13.8 Å². The predicted octanol–water partition coefficient (Wildman–Crippen LogP) is 2.80. The van der Waals surface area contributed by atoms with Gasteiger partial charge in [-0.05, 0) is 30.2 Å². The molecule has 3 N–H and O–H groups in total. The molecule has 0 saturated heterocycles. The first-order valence-electron chi connectivity index (χ1n) is 6.53. The molecule has 0 saturated carbocycles. The van der Waals surface area contributed by atoms with Crippen molar-refractivity contribution < 1.29 is 22.7 Å². The molecule has 0 aliphatic carbocycles. The summed E-state index contributed by atoms with van der Waals surface area (Å²) in [5.74, 6) is -0.337. The van der Waals surface area contributed by atoms with E-state index in [0.717, 1.165) is 0 Å². The molecule has 0 aliphatic heterocycles. The molecule has 1 rings (SSSR count). The van der Waals surface area contributed by atoms with Gasteiger partial charge in [0.05, 0.1) is 5.92 Å². The summed E-state index contributed by atoms with van der Waals surface area (Å²) in [6, 6.07) is 5.71. The average Bonchev–Trinajstić information content (AvgIpc) is 2.37. The molecule has 1 aromatic carbocycles. The van der Waals surface area contributed by atoms with Crippen molar-refractivity contribution in [3.8, 4) is 5.75 Å². The van der Waals surface area contributed by atoms with Gasteiger partial charge in [-0.3, -0.25) is 4.79 Å². The summed E-state index contributed by atoms with van der Waals surface area (Å²) < 4.78 is 40.6. The van der Waals surface area contributed by atoms with Crippen LogP contribution in [0.4, 0.5) is 18.9 Å². The number of amides is 1. The molecule has 0 aliphatic rings. The molecule has 1 aromatic rings. The fraction of sp³-hybridized carbons (Fsp3) is 0.500. The van der Waals surface area contributed by atoms with Gasteiger partial charge in [-0.15, -0.1) is 0 Å². The molecular weight excluding hydrogens is 285 g/mol. The zero-order valence-corrected chi connectivity index (χ0v) is 11.9. The summed E-state index contributed by atoms with van der Waals surface area (Å²) in [6.45, 7) is 2.67. The number of carbonyl (C=O) groups is 1. The van der Waals surface area contributed by atoms with Crippen LogP contribution >= 0.6 is 0 Å². The second kappa shape index (κ2) is 7.31. The first-order valence-corrected chi connectivity index (χ1v) is 6.53. The number of benzene rings is 1. The molecule has 0 heterocycles. The number of alkyl halides is 3. The largest absolute Gasteiger partial charge is 0.484 e. The Morgan fingerprint density at radius 1 is 1.29 bits per heavy atom. The molecule has 118 valence electrons. The number of hydrogen-bond donors (Lipinski definition) is 2. The van der Waals surface area contributed by atoms with Gasteiger partial charge in [0.15, 0.2) is 6.61 Å². The number of ether oxygens (including phenoxy) is 1. The van der Waals surface area contributed by atoms with Crippen LogP contribution in [0.25, 0.3) is 0 Å². The maximum absolute atomic E-state index is 12.0. The van der Waals surface area contributed by atoms with E-state index in [0.29, 0.717) is 5.69 Å². The molecule has 1 amide bonds. The van der Waals surface area contributed by atoms with Crippen molar-refractivity contribution in [3.63, 3.8) is 0 Å². The fourth-order valence-corrected chi connectivity index (χ4v) is 1.72. The lowest BCUT2D eigenvalue weighted by Gasteiger charge is -2.18. The van der Waals surface area contributed by atoms with Crippen LogP contribution in [0, 0.1) is 11.8 Å². The minimum absolute atomic E-state index is 0.0876. The maximum Gasteiger partial charge on any atom is 0.422 e. The zero-order chi connectivity index (χ0) is 16.0. The monoisotopic (exact) mass is 304 g/mol. The Hall–Kier alpha value is -1.76. The van der Waals surface area contributed by atoms with Gasteiger partial charge in [-0.25, -0.2) is 0 Å². The first kappa shape index (κ1) is 17.3. The standard InChI is InChI=1S/C14H19F3N2O2/c1-9(2)12(7-18)13(20)19-10-3-5-11(6-4-10)21-8-14(15,16)17/h3-6,9,12H,7-8,18H2,1-2H3,(H,19,20). The smallest absolute Gasteiger partial charge is 0.422 e. The summed E-state index contributed by atoms with van der Waals surface area (Å²) in [7, 11) is 0. The minimum atomic E-state index is -4.38. The van der Waals surface area contributed by atoms with E-state index in [1.54, 1.807) is 0 Å². The molecule has 4 nitrogen and oxygen atoms in total. The van der Waals surface area contributed by atoms with Crippen LogP contribution in [0.1, 0.15) is 13.8 Å². The third-order valence-electron chi connectivity index (χ3n) is 2.92. The maximum atomic E-state index is 12.0. The van der Waals surface area contributed by atoms with E-state index in [1.807, 2.05) is 13.8 Å². The van der Waals surface area contributed by atoms with Crippen molar-refractivity contribution in [1.29, 1.82) is 0 Å². The van der Waals surface area contributed by atoms with Gasteiger partial charge in [0, 0.05) is 12.2 Å². The Balaban J connectivity index is 2.60. The lowest BCUT2D eigenvalue weighted by Crippen LogP contribution is -2.33. The SMILES string of the molecule is CC(C)C(CN)C(=O)Nc1ccc(OCC(F)(F)F)cc1. The Morgan fingerprint density at radius 3 is 2.29 bits per heavy atom. The second-order valence-electron chi connectivity index (χ2n) is 5.00. The van der Waals surface area contributed by atoms with Gasteiger partial charge in [-0.2, -0.15) is 13.2 Å². The highest BCUT2D eigenvalue weighted by Crippen LogP contribution is 2.21. The molecule has 21 heavy (non-hydrogen) atoms. The van der Waals surface area contributed by atoms with E-state index in [-0.39, 0.29) is 30.0 Å². The van der Waals surface area contributed by atoms with Crippen LogP contribution in [0.15, 0.2) is 24.3 Å². The van der Waals surface area contributed by atoms with Crippen molar-refractivity contribution in [2.45, 2.75) is 20.0 Å². The second-order valence-corrected chi connectivity index (χ2v) is 5.00. The molecule has 1 atom stereocenters. The van der Waals surface area contributed by atoms with E-state index in [4.69, 9.17) is 5.73 Å². The third-order valence-corrected chi connectivity index (χ3v) is 2.92. The van der Waals surface area contributed by atoms with E-state index < -0.39 is 12.8 Å². The number of nitrogens with one attached hydrogen (secondary N) is 1. The van der Waals surface area contributed by atoms with E-state index >= 15 is 0 Å². The molecule has 0 radical (unpaired) electrons. The molecule has 0 spiro atoms. The quantitative estimate of drug-likeness (QED) is 0.849. The number of anilines is 1. The number of carbonyl (C=O) groups excluding carboxylic acids is 1. The first-order chi connectivity index (χ1) is 9.73. The summed E-state index contributed by atoms with van der Waals surface area (Å²) in [5, 5.41) is 2.68. The number of nitrogens with two attached hydrogens (primary N) is 1. The average molecular weight is 304 g/mol. The van der Waals surface area contributed by atoms with Crippen molar-refractivity contribution in [1.82, 2.24) is 0 Å². The molecule has 1 unspecified atom stereocenters. The van der Waals surface area contributed by atoms with E-state index in [9.17, 15) is 18.0 Å². The number of rotatable bonds is 6. The number of hydrogen-bond acceptors (Lipinski definition) is 3. The number of halogens is 3. The normalized spacial score (nSPS) is 13.1. The van der Waals surface area contributed by atoms with Crippen LogP contribution in [0.3, 0.4) is 0 Å². The lowest BCUT2D eigenvalue weighted by molar-refractivity contribution is -0.153. The highest BCUT2D eigenvalue weighted by molar-refractivity contribution is 5.92. The summed E-state index contributed by atoms with van der Waals surface area (Å²) in [4.78, 5) is 12.0. The highest BCUT2D eigenvalue weighted by atomic mass is 19.4. The van der Waals surface area contributed by atoms with E-state index in [2.05, 4.69) is 10.1 Å². The van der Waals surface area contributed by atoms with Crippen LogP contribution in [0.2, 0.25) is 0 Å². The van der Waals surface area contributed by atoms with Crippen molar-refractivity contribution in [2.24, 2.45) is 17.6 Å². The van der Waals surface area contributed by atoms with Gasteiger partial charge in [0.2, 0.25) is 5.91 Å². The Bertz CT molecular complexity index is 458. The Morgan fingerprint density at radius 2 is 1.86 bits per heavy atom. The van der Waals surface area contributed by atoms with Crippen LogP contribution in [-0.4, -0.2) is 25.2 Å². The summed E-state index contributed by atoms with van der Waals surface area (Å²) in [5.41, 5.74) is 6.03. The fourth-order valence-electron chi connectivity index (χ4n) is 1.72. The summed E-state index contributed by atoms with van der Waals surface area (Å²) in [6.07, 6.45) is -4.38.